The molecule has 0 radical (unpaired) electrons. The first-order valence-electron chi connectivity index (χ1n) is 5.65. The molecule has 0 aliphatic heterocycles. The highest BCUT2D eigenvalue weighted by molar-refractivity contribution is 7.54. The molecule has 0 aliphatic carbocycles. The van der Waals surface area contributed by atoms with Crippen molar-refractivity contribution < 1.29 is 19.1 Å². The largest absolute Gasteiger partial charge is 0.342 e. The van der Waals surface area contributed by atoms with E-state index in [1.165, 1.54) is 4.90 Å². The summed E-state index contributed by atoms with van der Waals surface area (Å²) in [5.74, 6) is -0.434. The first kappa shape index (κ1) is 15.6. The van der Waals surface area contributed by atoms with E-state index in [1.807, 2.05) is 0 Å². The Balaban J connectivity index is 5.37. The van der Waals surface area contributed by atoms with Gasteiger partial charge in [-0.05, 0) is 26.7 Å². The van der Waals surface area contributed by atoms with Crippen LogP contribution in [0.1, 0.15) is 40.5 Å². The Morgan fingerprint density at radius 3 is 1.69 bits per heavy atom. The zero-order valence-corrected chi connectivity index (χ0v) is 11.3. The Morgan fingerprint density at radius 2 is 1.50 bits per heavy atom. The maximum absolute atomic E-state index is 12.2. The summed E-state index contributed by atoms with van der Waals surface area (Å²) >= 11 is 0. The summed E-state index contributed by atoms with van der Waals surface area (Å²) in [5, 5.41) is -1.54. The van der Waals surface area contributed by atoms with Gasteiger partial charge in [-0.1, -0.05) is 13.8 Å². The Morgan fingerprint density at radius 1 is 1.12 bits per heavy atom. The molecule has 0 bridgehead atoms. The van der Waals surface area contributed by atoms with Crippen molar-refractivity contribution in [1.82, 2.24) is 4.90 Å². The van der Waals surface area contributed by atoms with Crippen molar-refractivity contribution >= 4 is 13.5 Å². The van der Waals surface area contributed by atoms with Crippen molar-refractivity contribution in [2.24, 2.45) is 0 Å². The van der Waals surface area contributed by atoms with Crippen LogP contribution in [0.4, 0.5) is 0 Å². The third-order valence-electron chi connectivity index (χ3n) is 3.18. The lowest BCUT2D eigenvalue weighted by Crippen LogP contribution is -2.48. The van der Waals surface area contributed by atoms with Crippen LogP contribution in [0.15, 0.2) is 0 Å². The number of hydrogen-bond acceptors (Lipinski definition) is 2. The monoisotopic (exact) mass is 251 g/mol. The van der Waals surface area contributed by atoms with Crippen LogP contribution in [-0.2, 0) is 9.36 Å². The van der Waals surface area contributed by atoms with E-state index in [0.717, 1.165) is 0 Å². The fourth-order valence-electron chi connectivity index (χ4n) is 1.89. The zero-order valence-electron chi connectivity index (χ0n) is 10.4. The van der Waals surface area contributed by atoms with Gasteiger partial charge in [0.05, 0.1) is 0 Å². The van der Waals surface area contributed by atoms with Crippen LogP contribution >= 0.6 is 7.60 Å². The van der Waals surface area contributed by atoms with Crippen LogP contribution in [0, 0.1) is 0 Å². The molecule has 0 rings (SSSR count). The standard InChI is InChI=1S/C10H22NO4P/c1-5-10(6-2,16(13,14)15)9(12)11(7-3)8-4/h5-8H2,1-4H3,(H2,13,14,15). The van der Waals surface area contributed by atoms with Crippen LogP contribution in [0.3, 0.4) is 0 Å². The summed E-state index contributed by atoms with van der Waals surface area (Å²) in [4.78, 5) is 32.5. The van der Waals surface area contributed by atoms with Crippen molar-refractivity contribution in [2.75, 3.05) is 13.1 Å². The summed E-state index contributed by atoms with van der Waals surface area (Å²) in [5.41, 5.74) is 0. The molecule has 0 aromatic carbocycles. The number of carbonyl (C=O) groups is 1. The zero-order chi connectivity index (χ0) is 13.0. The maximum atomic E-state index is 12.2. The first-order chi connectivity index (χ1) is 7.30. The average Bonchev–Trinajstić information content (AvgIpc) is 2.20. The van der Waals surface area contributed by atoms with Crippen LogP contribution in [0.5, 0.6) is 0 Å². The van der Waals surface area contributed by atoms with E-state index in [2.05, 4.69) is 0 Å². The van der Waals surface area contributed by atoms with Gasteiger partial charge in [0.1, 0.15) is 5.16 Å². The SMILES string of the molecule is CCN(CC)C(=O)C(CC)(CC)P(=O)(O)O. The molecular weight excluding hydrogens is 229 g/mol. The summed E-state index contributed by atoms with van der Waals surface area (Å²) in [6, 6.07) is 0. The van der Waals surface area contributed by atoms with Gasteiger partial charge in [0.15, 0.2) is 0 Å². The lowest BCUT2D eigenvalue weighted by atomic mass is 10.0. The highest BCUT2D eigenvalue weighted by Gasteiger charge is 2.51. The molecular formula is C10H22NO4P. The Bertz CT molecular complexity index is 279. The minimum atomic E-state index is -4.43. The molecule has 0 heterocycles. The Hall–Kier alpha value is -0.380. The number of hydrogen-bond donors (Lipinski definition) is 2. The van der Waals surface area contributed by atoms with Gasteiger partial charge < -0.3 is 14.7 Å². The second kappa shape index (κ2) is 5.80. The third kappa shape index (κ3) is 2.65. The molecule has 0 aromatic heterocycles. The predicted octanol–water partition coefficient (Wildman–Crippen LogP) is 1.59. The highest BCUT2D eigenvalue weighted by Crippen LogP contribution is 2.55. The van der Waals surface area contributed by atoms with Gasteiger partial charge in [-0.2, -0.15) is 0 Å². The minimum absolute atomic E-state index is 0.156. The second-order valence-corrected chi connectivity index (χ2v) is 5.70. The molecule has 0 fully saturated rings. The molecule has 0 aromatic rings. The van der Waals surface area contributed by atoms with Gasteiger partial charge in [0.25, 0.3) is 0 Å². The van der Waals surface area contributed by atoms with Crippen molar-refractivity contribution in [1.29, 1.82) is 0 Å². The van der Waals surface area contributed by atoms with E-state index < -0.39 is 18.7 Å². The van der Waals surface area contributed by atoms with Crippen LogP contribution in [-0.4, -0.2) is 38.8 Å². The van der Waals surface area contributed by atoms with Crippen molar-refractivity contribution in [3.05, 3.63) is 0 Å². The summed E-state index contributed by atoms with van der Waals surface area (Å²) in [6.07, 6.45) is 0.312. The van der Waals surface area contributed by atoms with E-state index in [-0.39, 0.29) is 12.8 Å². The van der Waals surface area contributed by atoms with Gasteiger partial charge in [0.2, 0.25) is 5.91 Å². The summed E-state index contributed by atoms with van der Waals surface area (Å²) in [6.45, 7) is 7.83. The fraction of sp³-hybridized carbons (Fsp3) is 0.900. The van der Waals surface area contributed by atoms with Crippen LogP contribution < -0.4 is 0 Å². The van der Waals surface area contributed by atoms with E-state index in [4.69, 9.17) is 0 Å². The summed E-state index contributed by atoms with van der Waals surface area (Å²) < 4.78 is 11.5. The maximum Gasteiger partial charge on any atom is 0.340 e. The molecule has 0 saturated heterocycles. The second-order valence-electron chi connectivity index (χ2n) is 3.76. The number of nitrogens with zero attached hydrogens (tertiary/aromatic N) is 1. The molecule has 0 unspecified atom stereocenters. The van der Waals surface area contributed by atoms with Crippen molar-refractivity contribution in [2.45, 2.75) is 45.7 Å². The number of carbonyl (C=O) groups excluding carboxylic acids is 1. The van der Waals surface area contributed by atoms with Gasteiger partial charge in [-0.3, -0.25) is 9.36 Å². The summed E-state index contributed by atoms with van der Waals surface area (Å²) in [7, 11) is -4.43. The third-order valence-corrected chi connectivity index (χ3v) is 5.12. The normalized spacial score (nSPS) is 12.6. The Kier molecular flexibility index (Phi) is 5.66. The molecule has 1 amide bonds. The molecule has 0 spiro atoms. The number of rotatable bonds is 6. The van der Waals surface area contributed by atoms with E-state index in [0.29, 0.717) is 13.1 Å². The van der Waals surface area contributed by atoms with Gasteiger partial charge in [-0.15, -0.1) is 0 Å². The molecule has 6 heteroatoms. The fourth-order valence-corrected chi connectivity index (χ4v) is 3.11. The van der Waals surface area contributed by atoms with Gasteiger partial charge in [-0.25, -0.2) is 0 Å². The molecule has 0 saturated carbocycles. The highest BCUT2D eigenvalue weighted by atomic mass is 31.2. The van der Waals surface area contributed by atoms with Crippen molar-refractivity contribution in [3.63, 3.8) is 0 Å². The van der Waals surface area contributed by atoms with E-state index in [9.17, 15) is 19.1 Å². The molecule has 16 heavy (non-hydrogen) atoms. The molecule has 0 aliphatic rings. The lowest BCUT2D eigenvalue weighted by molar-refractivity contribution is -0.134. The Labute approximate surface area is 97.0 Å². The van der Waals surface area contributed by atoms with Crippen molar-refractivity contribution in [3.8, 4) is 0 Å². The molecule has 0 atom stereocenters. The van der Waals surface area contributed by atoms with Crippen LogP contribution in [0.25, 0.3) is 0 Å². The number of amides is 1. The molecule has 2 N–H and O–H groups in total. The lowest BCUT2D eigenvalue weighted by Gasteiger charge is -2.35. The van der Waals surface area contributed by atoms with Gasteiger partial charge in [0, 0.05) is 13.1 Å². The molecule has 5 nitrogen and oxygen atoms in total. The first-order valence-corrected chi connectivity index (χ1v) is 7.26. The smallest absolute Gasteiger partial charge is 0.340 e. The molecule has 96 valence electrons. The quantitative estimate of drug-likeness (QED) is 0.703. The topological polar surface area (TPSA) is 77.8 Å². The predicted molar refractivity (Wildman–Crippen MR) is 63.3 cm³/mol. The van der Waals surface area contributed by atoms with E-state index >= 15 is 0 Å². The average molecular weight is 251 g/mol. The van der Waals surface area contributed by atoms with E-state index in [1.54, 1.807) is 27.7 Å². The minimum Gasteiger partial charge on any atom is -0.342 e. The van der Waals surface area contributed by atoms with Gasteiger partial charge >= 0.3 is 7.60 Å². The van der Waals surface area contributed by atoms with Crippen LogP contribution in [0.2, 0.25) is 0 Å².